The molecule has 0 saturated carbocycles. The molecule has 0 fully saturated rings. The summed E-state index contributed by atoms with van der Waals surface area (Å²) in [6, 6.07) is 24.5. The van der Waals surface area contributed by atoms with Crippen LogP contribution in [-0.2, 0) is 0 Å². The molecule has 4 aromatic rings. The van der Waals surface area contributed by atoms with Gasteiger partial charge >= 0.3 is 0 Å². The molecule has 1 nitrogen and oxygen atoms in total. The number of allylic oxidation sites excluding steroid dienone is 11. The van der Waals surface area contributed by atoms with Crippen molar-refractivity contribution in [3.8, 4) is 5.69 Å². The van der Waals surface area contributed by atoms with Crippen molar-refractivity contribution in [2.45, 2.75) is 39.0 Å². The van der Waals surface area contributed by atoms with Gasteiger partial charge in [-0.15, -0.1) is 0 Å². The van der Waals surface area contributed by atoms with Crippen molar-refractivity contribution in [1.29, 1.82) is 0 Å². The van der Waals surface area contributed by atoms with Gasteiger partial charge in [0.2, 0.25) is 0 Å². The van der Waals surface area contributed by atoms with E-state index in [2.05, 4.69) is 121 Å². The van der Waals surface area contributed by atoms with Crippen molar-refractivity contribution in [2.75, 3.05) is 0 Å². The molecule has 4 aliphatic rings. The third kappa shape index (κ3) is 3.60. The van der Waals surface area contributed by atoms with E-state index < -0.39 is 0 Å². The van der Waals surface area contributed by atoms with Crippen LogP contribution in [0.2, 0.25) is 0 Å². The van der Waals surface area contributed by atoms with Gasteiger partial charge in [-0.3, -0.25) is 0 Å². The van der Waals surface area contributed by atoms with Gasteiger partial charge in [0.1, 0.15) is 0 Å². The smallest absolute Gasteiger partial charge is 0.0541 e. The van der Waals surface area contributed by atoms with Crippen LogP contribution in [0.1, 0.15) is 50.2 Å². The van der Waals surface area contributed by atoms with Crippen molar-refractivity contribution in [3.05, 3.63) is 137 Å². The van der Waals surface area contributed by atoms with Gasteiger partial charge in [0.15, 0.2) is 0 Å². The Morgan fingerprint density at radius 1 is 0.821 bits per heavy atom. The van der Waals surface area contributed by atoms with Crippen molar-refractivity contribution in [1.82, 2.24) is 4.57 Å². The number of hydrogen-bond acceptors (Lipinski definition) is 0. The fourth-order valence-corrected chi connectivity index (χ4v) is 7.76. The molecule has 0 radical (unpaired) electrons. The van der Waals surface area contributed by atoms with Gasteiger partial charge < -0.3 is 4.57 Å². The topological polar surface area (TPSA) is 4.93 Å². The molecule has 2 atom stereocenters. The lowest BCUT2D eigenvalue weighted by Crippen LogP contribution is -2.17. The molecule has 0 aliphatic heterocycles. The molecule has 39 heavy (non-hydrogen) atoms. The standard InChI is InChI=1S/C38H33N/c1-25-22-26(33-17-9-13-29-23-27-10-2-3-14-32(27)38(29)33)11-8-12-28-24-30(20-21-31(25)28)39-36-18-6-4-15-34(36)35-16-5-7-19-37(35)39/h2-8,10-12,15-16,18-22,24,32-33H,9,13-14,17,23H2,1H3/b11-8?,12-8-,25-22+,26-11+,26-22?,28-12?,31-25?. The fourth-order valence-electron chi connectivity index (χ4n) is 7.76. The maximum absolute atomic E-state index is 2.49. The first-order valence-electron chi connectivity index (χ1n) is 14.5. The van der Waals surface area contributed by atoms with Crippen LogP contribution in [0.4, 0.5) is 0 Å². The van der Waals surface area contributed by atoms with Gasteiger partial charge in [-0.1, -0.05) is 102 Å². The van der Waals surface area contributed by atoms with Crippen molar-refractivity contribution in [3.63, 3.8) is 0 Å². The molecule has 1 heteroatoms. The highest BCUT2D eigenvalue weighted by Gasteiger charge is 2.37. The average Bonchev–Trinajstić information content (AvgIpc) is 3.51. The zero-order valence-corrected chi connectivity index (χ0v) is 22.5. The molecule has 2 unspecified atom stereocenters. The minimum atomic E-state index is 0.550. The lowest BCUT2D eigenvalue weighted by Gasteiger charge is -2.31. The first kappa shape index (κ1) is 22.8. The predicted octanol–water partition coefficient (Wildman–Crippen LogP) is 10.1. The summed E-state index contributed by atoms with van der Waals surface area (Å²) in [7, 11) is 0. The van der Waals surface area contributed by atoms with E-state index in [-0.39, 0.29) is 0 Å². The molecular weight excluding hydrogens is 470 g/mol. The second kappa shape index (κ2) is 8.99. The summed E-state index contributed by atoms with van der Waals surface area (Å²) < 4.78 is 2.41. The Morgan fingerprint density at radius 3 is 2.44 bits per heavy atom. The van der Waals surface area contributed by atoms with Crippen LogP contribution in [0.25, 0.3) is 39.1 Å². The molecule has 190 valence electrons. The van der Waals surface area contributed by atoms with Crippen LogP contribution < -0.4 is 0 Å². The van der Waals surface area contributed by atoms with E-state index >= 15 is 0 Å². The van der Waals surface area contributed by atoms with Gasteiger partial charge in [-0.05, 0) is 85.6 Å². The first-order valence-corrected chi connectivity index (χ1v) is 14.5. The molecule has 3 aromatic carbocycles. The summed E-state index contributed by atoms with van der Waals surface area (Å²) in [4.78, 5) is 0. The number of hydrogen-bond donors (Lipinski definition) is 0. The number of benzene rings is 3. The highest BCUT2D eigenvalue weighted by molar-refractivity contribution is 6.09. The number of para-hydroxylation sites is 2. The maximum atomic E-state index is 2.49. The third-order valence-electron chi connectivity index (χ3n) is 9.46. The SMILES string of the molecule is C\C1=C/C(C2CCCC3=C2C2CC=CC=C2C3)=C\C=C/c2cc(-n3c4ccccc4c4ccccc43)ccc21. The lowest BCUT2D eigenvalue weighted by molar-refractivity contribution is 0.524. The summed E-state index contributed by atoms with van der Waals surface area (Å²) in [5.74, 6) is 1.19. The van der Waals surface area contributed by atoms with Gasteiger partial charge in [0.05, 0.1) is 11.0 Å². The Balaban J connectivity index is 1.20. The summed E-state index contributed by atoms with van der Waals surface area (Å²) >= 11 is 0. The number of nitrogens with zero attached hydrogens (tertiary/aromatic N) is 1. The minimum absolute atomic E-state index is 0.550. The van der Waals surface area contributed by atoms with Crippen LogP contribution in [0.5, 0.6) is 0 Å². The van der Waals surface area contributed by atoms with Crippen LogP contribution in [0.15, 0.2) is 125 Å². The largest absolute Gasteiger partial charge is 0.309 e. The lowest BCUT2D eigenvalue weighted by atomic mass is 9.74. The van der Waals surface area contributed by atoms with Crippen LogP contribution in [-0.4, -0.2) is 4.57 Å². The van der Waals surface area contributed by atoms with E-state index in [0.29, 0.717) is 11.8 Å². The summed E-state index contributed by atoms with van der Waals surface area (Å²) in [5, 5.41) is 2.61. The second-order valence-corrected chi connectivity index (χ2v) is 11.6. The normalized spacial score (nSPS) is 25.6. The number of aromatic nitrogens is 1. The van der Waals surface area contributed by atoms with Crippen molar-refractivity contribution >= 4 is 33.5 Å². The van der Waals surface area contributed by atoms with E-state index in [1.807, 2.05) is 0 Å². The molecule has 4 aliphatic carbocycles. The van der Waals surface area contributed by atoms with Crippen LogP contribution >= 0.6 is 0 Å². The molecule has 8 rings (SSSR count). The van der Waals surface area contributed by atoms with E-state index in [1.54, 1.807) is 16.7 Å². The van der Waals surface area contributed by atoms with E-state index in [0.717, 1.165) is 0 Å². The molecule has 0 saturated heterocycles. The summed E-state index contributed by atoms with van der Waals surface area (Å²) in [6.45, 7) is 2.30. The zero-order chi connectivity index (χ0) is 25.9. The Morgan fingerprint density at radius 2 is 1.62 bits per heavy atom. The van der Waals surface area contributed by atoms with Crippen LogP contribution in [0, 0.1) is 11.8 Å². The fraction of sp³-hybridized carbons (Fsp3) is 0.211. The predicted molar refractivity (Wildman–Crippen MR) is 166 cm³/mol. The highest BCUT2D eigenvalue weighted by Crippen LogP contribution is 2.51. The van der Waals surface area contributed by atoms with E-state index in [9.17, 15) is 0 Å². The van der Waals surface area contributed by atoms with Gasteiger partial charge in [-0.25, -0.2) is 0 Å². The zero-order valence-electron chi connectivity index (χ0n) is 22.5. The number of fused-ring (bicyclic) bond motifs is 6. The minimum Gasteiger partial charge on any atom is -0.309 e. The summed E-state index contributed by atoms with van der Waals surface area (Å²) in [6.07, 6.45) is 22.8. The Kier molecular flexibility index (Phi) is 5.26. The second-order valence-electron chi connectivity index (χ2n) is 11.6. The van der Waals surface area contributed by atoms with E-state index in [1.165, 1.54) is 81.9 Å². The highest BCUT2D eigenvalue weighted by atomic mass is 15.0. The molecule has 0 N–H and O–H groups in total. The van der Waals surface area contributed by atoms with Crippen molar-refractivity contribution in [2.24, 2.45) is 11.8 Å². The Hall–Kier alpha value is -4.10. The van der Waals surface area contributed by atoms with Crippen molar-refractivity contribution < 1.29 is 0 Å². The Labute approximate surface area is 230 Å². The quantitative estimate of drug-likeness (QED) is 0.240. The maximum Gasteiger partial charge on any atom is 0.0541 e. The van der Waals surface area contributed by atoms with E-state index in [4.69, 9.17) is 0 Å². The molecular formula is C38H33N. The molecule has 1 heterocycles. The molecule has 0 bridgehead atoms. The Bertz CT molecular complexity index is 1790. The summed E-state index contributed by atoms with van der Waals surface area (Å²) in [5.41, 5.74) is 14.3. The molecule has 0 amide bonds. The van der Waals surface area contributed by atoms with Gasteiger partial charge in [0, 0.05) is 28.3 Å². The monoisotopic (exact) mass is 503 g/mol. The van der Waals surface area contributed by atoms with Crippen LogP contribution in [0.3, 0.4) is 0 Å². The average molecular weight is 504 g/mol. The number of rotatable bonds is 2. The third-order valence-corrected chi connectivity index (χ3v) is 9.46. The molecule has 1 aromatic heterocycles. The molecule has 0 spiro atoms. The van der Waals surface area contributed by atoms with Gasteiger partial charge in [-0.2, -0.15) is 0 Å². The van der Waals surface area contributed by atoms with Gasteiger partial charge in [0.25, 0.3) is 0 Å². The first-order chi connectivity index (χ1) is 19.3.